The molecule has 3 aromatic rings. The highest BCUT2D eigenvalue weighted by Gasteiger charge is 2.34. The summed E-state index contributed by atoms with van der Waals surface area (Å²) in [7, 11) is 0. The van der Waals surface area contributed by atoms with E-state index in [4.69, 9.17) is 4.98 Å². The summed E-state index contributed by atoms with van der Waals surface area (Å²) < 4.78 is 0. The van der Waals surface area contributed by atoms with E-state index in [0.717, 1.165) is 29.7 Å². The molecule has 27 heavy (non-hydrogen) atoms. The Hall–Kier alpha value is -3.15. The first-order valence-electron chi connectivity index (χ1n) is 9.00. The van der Waals surface area contributed by atoms with Gasteiger partial charge in [-0.15, -0.1) is 0 Å². The van der Waals surface area contributed by atoms with Crippen LogP contribution in [0.3, 0.4) is 0 Å². The Morgan fingerprint density at radius 1 is 1.11 bits per heavy atom. The lowest BCUT2D eigenvalue weighted by Crippen LogP contribution is -2.37. The molecule has 1 aliphatic carbocycles. The molecule has 4 rings (SSSR count). The number of carbonyl (C=O) groups excluding carboxylic acids is 1. The van der Waals surface area contributed by atoms with Crippen molar-refractivity contribution in [2.24, 2.45) is 5.41 Å². The van der Waals surface area contributed by atoms with Crippen molar-refractivity contribution in [3.8, 4) is 11.4 Å². The minimum absolute atomic E-state index is 0.0234. The third-order valence-corrected chi connectivity index (χ3v) is 4.80. The summed E-state index contributed by atoms with van der Waals surface area (Å²) in [6.07, 6.45) is 8.62. The van der Waals surface area contributed by atoms with Crippen molar-refractivity contribution in [2.45, 2.75) is 32.7 Å². The minimum Gasteiger partial charge on any atom is -0.344 e. The predicted octanol–water partition coefficient (Wildman–Crippen LogP) is 3.38. The van der Waals surface area contributed by atoms with Crippen molar-refractivity contribution in [1.82, 2.24) is 25.3 Å². The van der Waals surface area contributed by atoms with E-state index in [1.54, 1.807) is 30.7 Å². The Morgan fingerprint density at radius 3 is 2.74 bits per heavy atom. The van der Waals surface area contributed by atoms with E-state index < -0.39 is 0 Å². The van der Waals surface area contributed by atoms with Crippen molar-refractivity contribution >= 4 is 5.91 Å². The maximum atomic E-state index is 12.6. The second kappa shape index (κ2) is 6.87. The van der Waals surface area contributed by atoms with Gasteiger partial charge in [-0.1, -0.05) is 19.9 Å². The van der Waals surface area contributed by atoms with Gasteiger partial charge in [0.25, 0.3) is 5.91 Å². The molecular formula is C21H21N5O. The van der Waals surface area contributed by atoms with Gasteiger partial charge in [0.15, 0.2) is 5.82 Å². The molecule has 0 unspecified atom stereocenters. The fraction of sp³-hybridized carbons (Fsp3) is 0.286. The van der Waals surface area contributed by atoms with Gasteiger partial charge < -0.3 is 5.32 Å². The number of rotatable bonds is 3. The summed E-state index contributed by atoms with van der Waals surface area (Å²) in [6.45, 7) is 4.39. The molecule has 0 aromatic carbocycles. The van der Waals surface area contributed by atoms with E-state index in [1.165, 1.54) is 0 Å². The summed E-state index contributed by atoms with van der Waals surface area (Å²) in [5, 5.41) is 3.11. The normalized spacial score (nSPS) is 17.8. The number of hydrogen-bond acceptors (Lipinski definition) is 5. The molecule has 3 aromatic heterocycles. The monoisotopic (exact) mass is 359 g/mol. The molecule has 0 saturated carbocycles. The number of amides is 1. The lowest BCUT2D eigenvalue weighted by atomic mass is 9.74. The fourth-order valence-electron chi connectivity index (χ4n) is 3.54. The van der Waals surface area contributed by atoms with Crippen molar-refractivity contribution in [3.63, 3.8) is 0 Å². The maximum Gasteiger partial charge on any atom is 0.270 e. The molecule has 1 aliphatic rings. The van der Waals surface area contributed by atoms with Gasteiger partial charge in [-0.2, -0.15) is 0 Å². The smallest absolute Gasteiger partial charge is 0.270 e. The Morgan fingerprint density at radius 2 is 2.00 bits per heavy atom. The Bertz CT molecular complexity index is 957. The number of nitrogens with zero attached hydrogens (tertiary/aromatic N) is 4. The number of hydrogen-bond donors (Lipinski definition) is 1. The number of carbonyl (C=O) groups is 1. The van der Waals surface area contributed by atoms with Crippen LogP contribution in [0.1, 0.15) is 48.1 Å². The second-order valence-corrected chi connectivity index (χ2v) is 7.62. The average molecular weight is 359 g/mol. The minimum atomic E-state index is -0.180. The van der Waals surface area contributed by atoms with Gasteiger partial charge in [-0.3, -0.25) is 14.8 Å². The summed E-state index contributed by atoms with van der Waals surface area (Å²) in [5.74, 6) is 0.481. The van der Waals surface area contributed by atoms with Gasteiger partial charge in [0, 0.05) is 35.9 Å². The van der Waals surface area contributed by atoms with E-state index in [1.807, 2.05) is 24.4 Å². The molecule has 1 amide bonds. The summed E-state index contributed by atoms with van der Waals surface area (Å²) in [4.78, 5) is 30.2. The molecule has 6 nitrogen and oxygen atoms in total. The molecule has 0 saturated heterocycles. The molecule has 1 atom stereocenters. The molecule has 3 heterocycles. The molecule has 1 N–H and O–H groups in total. The zero-order chi connectivity index (χ0) is 18.9. The predicted molar refractivity (Wildman–Crippen MR) is 102 cm³/mol. The Labute approximate surface area is 158 Å². The molecule has 0 spiro atoms. The van der Waals surface area contributed by atoms with Crippen LogP contribution in [-0.2, 0) is 6.42 Å². The third kappa shape index (κ3) is 3.69. The largest absolute Gasteiger partial charge is 0.344 e. The van der Waals surface area contributed by atoms with Crippen LogP contribution in [0, 0.1) is 5.41 Å². The highest BCUT2D eigenvalue weighted by Crippen LogP contribution is 2.40. The van der Waals surface area contributed by atoms with Crippen LogP contribution in [0.2, 0.25) is 0 Å². The Balaban J connectivity index is 1.66. The van der Waals surface area contributed by atoms with Crippen LogP contribution >= 0.6 is 0 Å². The topological polar surface area (TPSA) is 80.7 Å². The van der Waals surface area contributed by atoms with Crippen LogP contribution in [0.25, 0.3) is 11.4 Å². The molecular weight excluding hydrogens is 338 g/mol. The third-order valence-electron chi connectivity index (χ3n) is 4.80. The molecule has 0 radical (unpaired) electrons. The van der Waals surface area contributed by atoms with E-state index in [0.29, 0.717) is 11.5 Å². The first-order chi connectivity index (χ1) is 13.0. The lowest BCUT2D eigenvalue weighted by Gasteiger charge is -2.36. The molecule has 0 fully saturated rings. The summed E-state index contributed by atoms with van der Waals surface area (Å²) in [6, 6.07) is 9.00. The van der Waals surface area contributed by atoms with Gasteiger partial charge >= 0.3 is 0 Å². The lowest BCUT2D eigenvalue weighted by molar-refractivity contribution is 0.0914. The van der Waals surface area contributed by atoms with Crippen LogP contribution in [0.15, 0.2) is 55.1 Å². The zero-order valence-corrected chi connectivity index (χ0v) is 15.4. The highest BCUT2D eigenvalue weighted by atomic mass is 16.1. The quantitative estimate of drug-likeness (QED) is 0.775. The number of fused-ring (bicyclic) bond motifs is 1. The first-order valence-corrected chi connectivity index (χ1v) is 9.00. The van der Waals surface area contributed by atoms with Gasteiger partial charge in [-0.05, 0) is 42.5 Å². The standard InChI is InChI=1S/C21H21N5O/c1-21(2)10-17-15(13-24-19(25-17)14-6-5-8-22-12-14)18(11-21)26-20(27)16-7-3-4-9-23-16/h3-9,12-13,18H,10-11H2,1-2H3,(H,26,27)/t18-/m1/s1. The maximum absolute atomic E-state index is 12.6. The molecule has 6 heteroatoms. The fourth-order valence-corrected chi connectivity index (χ4v) is 3.54. The van der Waals surface area contributed by atoms with Crippen molar-refractivity contribution in [3.05, 3.63) is 72.1 Å². The van der Waals surface area contributed by atoms with E-state index in [9.17, 15) is 4.79 Å². The van der Waals surface area contributed by atoms with Crippen LogP contribution in [0.4, 0.5) is 0 Å². The second-order valence-electron chi connectivity index (χ2n) is 7.62. The number of aromatic nitrogens is 4. The highest BCUT2D eigenvalue weighted by molar-refractivity contribution is 5.92. The van der Waals surface area contributed by atoms with Crippen molar-refractivity contribution in [2.75, 3.05) is 0 Å². The molecule has 136 valence electrons. The average Bonchev–Trinajstić information content (AvgIpc) is 2.68. The van der Waals surface area contributed by atoms with Crippen LogP contribution < -0.4 is 5.32 Å². The molecule has 0 bridgehead atoms. The van der Waals surface area contributed by atoms with E-state index in [-0.39, 0.29) is 17.4 Å². The van der Waals surface area contributed by atoms with Crippen LogP contribution in [0.5, 0.6) is 0 Å². The van der Waals surface area contributed by atoms with Gasteiger partial charge in [-0.25, -0.2) is 9.97 Å². The van der Waals surface area contributed by atoms with Gasteiger partial charge in [0.2, 0.25) is 0 Å². The number of nitrogens with one attached hydrogen (secondary N) is 1. The van der Waals surface area contributed by atoms with E-state index >= 15 is 0 Å². The van der Waals surface area contributed by atoms with Crippen molar-refractivity contribution < 1.29 is 4.79 Å². The number of pyridine rings is 2. The summed E-state index contributed by atoms with van der Waals surface area (Å²) >= 11 is 0. The van der Waals surface area contributed by atoms with Crippen molar-refractivity contribution in [1.29, 1.82) is 0 Å². The SMILES string of the molecule is CC1(C)Cc2nc(-c3cccnc3)ncc2[C@H](NC(=O)c2ccccn2)C1. The van der Waals surface area contributed by atoms with Gasteiger partial charge in [0.05, 0.1) is 11.7 Å². The Kier molecular flexibility index (Phi) is 4.39. The first kappa shape index (κ1) is 17.3. The summed E-state index contributed by atoms with van der Waals surface area (Å²) in [5.41, 5.74) is 3.28. The van der Waals surface area contributed by atoms with E-state index in [2.05, 4.69) is 34.1 Å². The zero-order valence-electron chi connectivity index (χ0n) is 15.4. The van der Waals surface area contributed by atoms with Gasteiger partial charge in [0.1, 0.15) is 5.69 Å². The molecule has 0 aliphatic heterocycles. The van der Waals surface area contributed by atoms with Crippen LogP contribution in [-0.4, -0.2) is 25.8 Å².